The van der Waals surface area contributed by atoms with Gasteiger partial charge in [0.25, 0.3) is 0 Å². The molecule has 0 fully saturated rings. The van der Waals surface area contributed by atoms with Gasteiger partial charge in [-0.05, 0) is 72.8 Å². The minimum atomic E-state index is -0.248. The highest BCUT2D eigenvalue weighted by molar-refractivity contribution is 7.26. The Bertz CT molecular complexity index is 2730. The molecule has 4 nitrogen and oxygen atoms in total. The largest absolute Gasteiger partial charge is 0.310 e. The Balaban J connectivity index is 1.14. The van der Waals surface area contributed by atoms with E-state index in [4.69, 9.17) is 9.98 Å². The van der Waals surface area contributed by atoms with Crippen molar-refractivity contribution in [3.05, 3.63) is 180 Å². The molecule has 0 spiro atoms. The van der Waals surface area contributed by atoms with E-state index < -0.39 is 0 Å². The van der Waals surface area contributed by atoms with Crippen LogP contribution in [0.2, 0.25) is 0 Å². The fourth-order valence-corrected chi connectivity index (χ4v) is 8.43. The molecule has 0 radical (unpaired) electrons. The number of hydrogen-bond donors (Lipinski definition) is 0. The molecule has 0 bridgehead atoms. The molecule has 226 valence electrons. The van der Waals surface area contributed by atoms with E-state index in [1.54, 1.807) is 0 Å². The second-order valence-electron chi connectivity index (χ2n) is 12.2. The maximum absolute atomic E-state index is 4.92. The summed E-state index contributed by atoms with van der Waals surface area (Å²) in [5, 5.41) is 6.96. The molecule has 2 aromatic heterocycles. The standard InChI is InChI=1S/C43H28N4S/c1-2-13-29(14-3-1)46(30-15-10-12-28(26-30)43-44-36-19-6-7-20-37(36)45-43)31-24-25-41-35(27-31)34-18-11-23-40(42(34)48-41)47-38-21-8-4-16-32(38)33-17-5-9-22-39(33)47/h1-27,43H. The van der Waals surface area contributed by atoms with Gasteiger partial charge in [0.05, 0.1) is 32.1 Å². The number of aromatic nitrogens is 1. The average Bonchev–Trinajstić information content (AvgIpc) is 3.84. The van der Waals surface area contributed by atoms with Crippen LogP contribution >= 0.6 is 11.3 Å². The number of anilines is 3. The number of rotatable bonds is 5. The van der Waals surface area contributed by atoms with Crippen molar-refractivity contribution in [3.63, 3.8) is 0 Å². The van der Waals surface area contributed by atoms with Crippen LogP contribution in [0.1, 0.15) is 11.7 Å². The summed E-state index contributed by atoms with van der Waals surface area (Å²) in [4.78, 5) is 12.2. The van der Waals surface area contributed by atoms with E-state index in [-0.39, 0.29) is 6.17 Å². The summed E-state index contributed by atoms with van der Waals surface area (Å²) in [7, 11) is 0. The van der Waals surface area contributed by atoms with Gasteiger partial charge in [0.1, 0.15) is 0 Å². The smallest absolute Gasteiger partial charge is 0.166 e. The van der Waals surface area contributed by atoms with Gasteiger partial charge in [0.15, 0.2) is 6.17 Å². The second kappa shape index (κ2) is 10.8. The molecule has 7 aromatic carbocycles. The van der Waals surface area contributed by atoms with Crippen molar-refractivity contribution in [2.24, 2.45) is 9.98 Å². The van der Waals surface area contributed by atoms with Crippen LogP contribution in [0.25, 0.3) is 47.7 Å². The van der Waals surface area contributed by atoms with Crippen LogP contribution in [-0.2, 0) is 0 Å². The van der Waals surface area contributed by atoms with Crippen LogP contribution in [0.4, 0.5) is 17.1 Å². The number of hydrogen-bond acceptors (Lipinski definition) is 4. The number of para-hydroxylation sites is 5. The van der Waals surface area contributed by atoms with E-state index in [0.29, 0.717) is 0 Å². The lowest BCUT2D eigenvalue weighted by Gasteiger charge is -2.26. The van der Waals surface area contributed by atoms with Gasteiger partial charge in [-0.2, -0.15) is 0 Å². The summed E-state index contributed by atoms with van der Waals surface area (Å²) in [6, 6.07) is 58.4. The molecule has 0 atom stereocenters. The van der Waals surface area contributed by atoms with Gasteiger partial charge in [-0.25, -0.2) is 0 Å². The van der Waals surface area contributed by atoms with E-state index >= 15 is 0 Å². The normalized spacial score (nSPS) is 12.8. The van der Waals surface area contributed by atoms with E-state index in [9.17, 15) is 0 Å². The van der Waals surface area contributed by atoms with Gasteiger partial charge >= 0.3 is 0 Å². The van der Waals surface area contributed by atoms with Crippen molar-refractivity contribution >= 4 is 70.4 Å². The summed E-state index contributed by atoms with van der Waals surface area (Å²) in [6.45, 7) is 0. The zero-order valence-electron chi connectivity index (χ0n) is 25.9. The van der Waals surface area contributed by atoms with E-state index in [2.05, 4.69) is 149 Å². The Morgan fingerprint density at radius 2 is 1.08 bits per heavy atom. The number of thiophene rings is 1. The molecule has 48 heavy (non-hydrogen) atoms. The number of fused-ring (bicyclic) bond motifs is 7. The number of nitrogens with zero attached hydrogens (tertiary/aromatic N) is 4. The van der Waals surface area contributed by atoms with Gasteiger partial charge in [-0.1, -0.05) is 91.0 Å². The predicted octanol–water partition coefficient (Wildman–Crippen LogP) is 10.6. The summed E-state index contributed by atoms with van der Waals surface area (Å²) >= 11 is 1.86. The minimum absolute atomic E-state index is 0.248. The average molecular weight is 633 g/mol. The Morgan fingerprint density at radius 1 is 0.479 bits per heavy atom. The fourth-order valence-electron chi connectivity index (χ4n) is 7.24. The summed E-state index contributed by atoms with van der Waals surface area (Å²) in [6.07, 6.45) is -0.248. The zero-order chi connectivity index (χ0) is 31.6. The highest BCUT2D eigenvalue weighted by atomic mass is 32.1. The minimum Gasteiger partial charge on any atom is -0.310 e. The molecule has 1 aliphatic rings. The highest BCUT2D eigenvalue weighted by Gasteiger charge is 2.20. The first-order valence-corrected chi connectivity index (χ1v) is 17.0. The Kier molecular flexibility index (Phi) is 6.08. The van der Waals surface area contributed by atoms with Crippen LogP contribution in [-0.4, -0.2) is 4.57 Å². The Labute approximate surface area is 280 Å². The maximum Gasteiger partial charge on any atom is 0.166 e. The molecular formula is C43H28N4S. The van der Waals surface area contributed by atoms with Crippen LogP contribution < -0.4 is 15.6 Å². The lowest BCUT2D eigenvalue weighted by Crippen LogP contribution is -2.19. The van der Waals surface area contributed by atoms with Crippen LogP contribution in [0.3, 0.4) is 0 Å². The zero-order valence-corrected chi connectivity index (χ0v) is 26.7. The van der Waals surface area contributed by atoms with Gasteiger partial charge < -0.3 is 9.47 Å². The molecule has 3 heterocycles. The highest BCUT2D eigenvalue weighted by Crippen LogP contribution is 2.44. The second-order valence-corrected chi connectivity index (χ2v) is 13.2. The SMILES string of the molecule is c1ccc(N(c2cccc(C3N=c4ccccc4=N3)c2)c2ccc3sc4c(-n5c6ccccc6c6ccccc65)cccc4c3c2)cc1. The lowest BCUT2D eigenvalue weighted by atomic mass is 10.1. The van der Waals surface area contributed by atoms with Gasteiger partial charge in [-0.15, -0.1) is 11.3 Å². The number of benzene rings is 7. The van der Waals surface area contributed by atoms with Crippen molar-refractivity contribution in [3.8, 4) is 5.69 Å². The third-order valence-electron chi connectivity index (χ3n) is 9.38. The molecule has 1 aliphatic heterocycles. The van der Waals surface area contributed by atoms with Crippen molar-refractivity contribution < 1.29 is 0 Å². The molecule has 0 saturated carbocycles. The monoisotopic (exact) mass is 632 g/mol. The first kappa shape index (κ1) is 27.1. The quantitative estimate of drug-likeness (QED) is 0.186. The van der Waals surface area contributed by atoms with Crippen LogP contribution in [0.15, 0.2) is 174 Å². The Hall–Kier alpha value is -6.04. The van der Waals surface area contributed by atoms with E-state index in [1.165, 1.54) is 47.7 Å². The van der Waals surface area contributed by atoms with Crippen molar-refractivity contribution in [2.75, 3.05) is 4.90 Å². The van der Waals surface area contributed by atoms with Gasteiger partial charge in [-0.3, -0.25) is 9.98 Å². The van der Waals surface area contributed by atoms with E-state index in [0.717, 1.165) is 33.3 Å². The van der Waals surface area contributed by atoms with Gasteiger partial charge in [0.2, 0.25) is 0 Å². The Morgan fingerprint density at radius 3 is 1.83 bits per heavy atom. The van der Waals surface area contributed by atoms with Crippen LogP contribution in [0.5, 0.6) is 0 Å². The molecule has 10 rings (SSSR count). The molecule has 0 amide bonds. The third-order valence-corrected chi connectivity index (χ3v) is 10.6. The van der Waals surface area contributed by atoms with E-state index in [1.807, 2.05) is 35.6 Å². The lowest BCUT2D eigenvalue weighted by molar-refractivity contribution is 0.771. The van der Waals surface area contributed by atoms with Crippen LogP contribution in [0, 0.1) is 0 Å². The van der Waals surface area contributed by atoms with Crippen molar-refractivity contribution in [1.82, 2.24) is 4.57 Å². The van der Waals surface area contributed by atoms with Gasteiger partial charge in [0, 0.05) is 48.9 Å². The molecule has 5 heteroatoms. The van der Waals surface area contributed by atoms with Crippen molar-refractivity contribution in [2.45, 2.75) is 6.17 Å². The van der Waals surface area contributed by atoms with Crippen molar-refractivity contribution in [1.29, 1.82) is 0 Å². The maximum atomic E-state index is 4.92. The summed E-state index contributed by atoms with van der Waals surface area (Å²) in [5.41, 5.74) is 8.02. The molecular weight excluding hydrogens is 605 g/mol. The molecule has 0 unspecified atom stereocenters. The molecule has 9 aromatic rings. The third kappa shape index (κ3) is 4.21. The molecule has 0 aliphatic carbocycles. The molecule has 0 saturated heterocycles. The fraction of sp³-hybridized carbons (Fsp3) is 0.0233. The predicted molar refractivity (Wildman–Crippen MR) is 200 cm³/mol. The first-order valence-electron chi connectivity index (χ1n) is 16.2. The topological polar surface area (TPSA) is 32.9 Å². The summed E-state index contributed by atoms with van der Waals surface area (Å²) in [5.74, 6) is 0. The summed E-state index contributed by atoms with van der Waals surface area (Å²) < 4.78 is 4.99. The first-order chi connectivity index (χ1) is 23.8. The molecule has 0 N–H and O–H groups in total.